The van der Waals surface area contributed by atoms with Crippen LogP contribution in [0.3, 0.4) is 0 Å². The standard InChI is InChI=1S/C23H19ClN4O2/c24-18-13-11-17(12-14-18)23-27-25-19-7-1-3-9-21(19)29-15-5-6-16-30-22-10-4-2-8-20(22)26-28-23/h1-14,25H,15-16H2/b6-5-,27-23?,28-26?. The molecule has 0 aromatic heterocycles. The lowest BCUT2D eigenvalue weighted by atomic mass is 10.2. The molecular formula is C23H19ClN4O2. The highest BCUT2D eigenvalue weighted by atomic mass is 35.5. The SMILES string of the molecule is Clc1ccc(C2=NNc3ccccc3OC/C=C\COc3ccccc3N=N2)cc1. The number of hydrogen-bond donors (Lipinski definition) is 1. The average Bonchev–Trinajstić information content (AvgIpc) is 2.78. The van der Waals surface area contributed by atoms with Crippen molar-refractivity contribution in [3.8, 4) is 11.5 Å². The first-order valence-electron chi connectivity index (χ1n) is 9.39. The van der Waals surface area contributed by atoms with E-state index in [4.69, 9.17) is 21.1 Å². The summed E-state index contributed by atoms with van der Waals surface area (Å²) in [4.78, 5) is 0. The number of benzene rings is 3. The molecule has 7 heteroatoms. The van der Waals surface area contributed by atoms with Gasteiger partial charge in [-0.3, -0.25) is 5.43 Å². The smallest absolute Gasteiger partial charge is 0.201 e. The zero-order valence-corrected chi connectivity index (χ0v) is 16.8. The van der Waals surface area contributed by atoms with Crippen molar-refractivity contribution in [3.05, 3.63) is 95.5 Å². The highest BCUT2D eigenvalue weighted by molar-refractivity contribution is 6.30. The van der Waals surface area contributed by atoms with Gasteiger partial charge in [0.05, 0.1) is 5.69 Å². The quantitative estimate of drug-likeness (QED) is 0.476. The molecule has 6 nitrogen and oxygen atoms in total. The maximum atomic E-state index is 6.03. The third kappa shape index (κ3) is 5.04. The Balaban J connectivity index is 1.75. The van der Waals surface area contributed by atoms with Crippen molar-refractivity contribution in [2.45, 2.75) is 0 Å². The second-order valence-corrected chi connectivity index (χ2v) is 6.75. The van der Waals surface area contributed by atoms with E-state index in [1.54, 1.807) is 12.1 Å². The predicted octanol–water partition coefficient (Wildman–Crippen LogP) is 6.23. The normalized spacial score (nSPS) is 15.0. The van der Waals surface area contributed by atoms with Crippen LogP contribution in [0.5, 0.6) is 11.5 Å². The van der Waals surface area contributed by atoms with Crippen LogP contribution >= 0.6 is 11.6 Å². The van der Waals surface area contributed by atoms with Crippen LogP contribution in [0.4, 0.5) is 11.4 Å². The number of para-hydroxylation sites is 3. The van der Waals surface area contributed by atoms with Crippen molar-refractivity contribution >= 4 is 28.8 Å². The number of nitrogens with zero attached hydrogens (tertiary/aromatic N) is 3. The Labute approximate surface area is 179 Å². The second-order valence-electron chi connectivity index (χ2n) is 6.31. The fraction of sp³-hybridized carbons (Fsp3) is 0.0870. The third-order valence-corrected chi connectivity index (χ3v) is 4.48. The van der Waals surface area contributed by atoms with E-state index in [0.717, 1.165) is 11.3 Å². The van der Waals surface area contributed by atoms with Gasteiger partial charge in [0.2, 0.25) is 5.84 Å². The molecule has 0 amide bonds. The van der Waals surface area contributed by atoms with Gasteiger partial charge < -0.3 is 9.47 Å². The molecule has 150 valence electrons. The Morgan fingerprint density at radius 2 is 1.40 bits per heavy atom. The van der Waals surface area contributed by atoms with Crippen LogP contribution in [0.15, 0.2) is 100 Å². The number of azo groups is 1. The minimum atomic E-state index is 0.393. The molecule has 1 N–H and O–H groups in total. The molecule has 1 aliphatic rings. The molecule has 0 saturated carbocycles. The molecule has 30 heavy (non-hydrogen) atoms. The van der Waals surface area contributed by atoms with Crippen LogP contribution < -0.4 is 14.9 Å². The lowest BCUT2D eigenvalue weighted by Gasteiger charge is -2.10. The average molecular weight is 419 g/mol. The topological polar surface area (TPSA) is 67.6 Å². The van der Waals surface area contributed by atoms with E-state index in [9.17, 15) is 0 Å². The summed E-state index contributed by atoms with van der Waals surface area (Å²) in [6, 6.07) is 22.3. The number of nitrogens with one attached hydrogen (secondary N) is 1. The first-order chi connectivity index (χ1) is 14.8. The van der Waals surface area contributed by atoms with Gasteiger partial charge in [0.1, 0.15) is 30.4 Å². The van der Waals surface area contributed by atoms with Gasteiger partial charge in [0.25, 0.3) is 0 Å². The molecule has 0 atom stereocenters. The minimum Gasteiger partial charge on any atom is -0.487 e. The number of ether oxygens (including phenoxy) is 2. The van der Waals surface area contributed by atoms with Crippen LogP contribution in [-0.2, 0) is 0 Å². The van der Waals surface area contributed by atoms with Gasteiger partial charge in [-0.25, -0.2) is 0 Å². The van der Waals surface area contributed by atoms with Crippen molar-refractivity contribution in [2.75, 3.05) is 18.6 Å². The van der Waals surface area contributed by atoms with E-state index in [0.29, 0.717) is 41.3 Å². The van der Waals surface area contributed by atoms with Gasteiger partial charge in [-0.15, -0.1) is 10.2 Å². The molecule has 1 heterocycles. The Hall–Kier alpha value is -3.64. The number of hydrogen-bond acceptors (Lipinski definition) is 6. The van der Waals surface area contributed by atoms with Crippen LogP contribution in [0.1, 0.15) is 5.56 Å². The van der Waals surface area contributed by atoms with Crippen molar-refractivity contribution in [2.24, 2.45) is 15.3 Å². The van der Waals surface area contributed by atoms with Crippen molar-refractivity contribution in [1.82, 2.24) is 0 Å². The maximum absolute atomic E-state index is 6.03. The number of fused-ring (bicyclic) bond motifs is 2. The molecule has 3 aromatic carbocycles. The van der Waals surface area contributed by atoms with E-state index in [2.05, 4.69) is 20.8 Å². The van der Waals surface area contributed by atoms with Crippen LogP contribution in [0.2, 0.25) is 5.02 Å². The first-order valence-corrected chi connectivity index (χ1v) is 9.77. The summed E-state index contributed by atoms with van der Waals surface area (Å²) in [7, 11) is 0. The summed E-state index contributed by atoms with van der Waals surface area (Å²) in [6.07, 6.45) is 3.81. The summed E-state index contributed by atoms with van der Waals surface area (Å²) >= 11 is 6.03. The molecule has 4 rings (SSSR count). The first kappa shape index (κ1) is 19.7. The number of hydrazone groups is 1. The maximum Gasteiger partial charge on any atom is 0.201 e. The number of rotatable bonds is 1. The summed E-state index contributed by atoms with van der Waals surface area (Å²) in [6.45, 7) is 0.806. The molecule has 0 spiro atoms. The summed E-state index contributed by atoms with van der Waals surface area (Å²) < 4.78 is 11.7. The van der Waals surface area contributed by atoms with E-state index in [1.165, 1.54) is 0 Å². The van der Waals surface area contributed by atoms with Gasteiger partial charge in [-0.05, 0) is 60.7 Å². The molecule has 0 radical (unpaired) electrons. The van der Waals surface area contributed by atoms with E-state index >= 15 is 0 Å². The lowest BCUT2D eigenvalue weighted by Crippen LogP contribution is -2.03. The zero-order chi connectivity index (χ0) is 20.6. The predicted molar refractivity (Wildman–Crippen MR) is 119 cm³/mol. The zero-order valence-electron chi connectivity index (χ0n) is 16.0. The highest BCUT2D eigenvalue weighted by Crippen LogP contribution is 2.28. The molecule has 0 bridgehead atoms. The van der Waals surface area contributed by atoms with Gasteiger partial charge in [-0.2, -0.15) is 5.10 Å². The lowest BCUT2D eigenvalue weighted by molar-refractivity contribution is 0.351. The van der Waals surface area contributed by atoms with Crippen LogP contribution in [0.25, 0.3) is 0 Å². The molecule has 1 aliphatic heterocycles. The van der Waals surface area contributed by atoms with Crippen LogP contribution in [-0.4, -0.2) is 19.0 Å². The van der Waals surface area contributed by atoms with E-state index in [-0.39, 0.29) is 0 Å². The van der Waals surface area contributed by atoms with Crippen molar-refractivity contribution in [3.63, 3.8) is 0 Å². The van der Waals surface area contributed by atoms with E-state index in [1.807, 2.05) is 72.8 Å². The molecule has 0 unspecified atom stereocenters. The van der Waals surface area contributed by atoms with Gasteiger partial charge in [0, 0.05) is 10.6 Å². The summed E-state index contributed by atoms with van der Waals surface area (Å²) in [5.74, 6) is 1.70. The summed E-state index contributed by atoms with van der Waals surface area (Å²) in [5.41, 5.74) is 5.13. The molecule has 0 aliphatic carbocycles. The largest absolute Gasteiger partial charge is 0.487 e. The monoisotopic (exact) mass is 418 g/mol. The van der Waals surface area contributed by atoms with Gasteiger partial charge in [-0.1, -0.05) is 35.9 Å². The highest BCUT2D eigenvalue weighted by Gasteiger charge is 2.08. The number of amidine groups is 1. The fourth-order valence-electron chi connectivity index (χ4n) is 2.72. The number of anilines is 1. The third-order valence-electron chi connectivity index (χ3n) is 4.23. The Kier molecular flexibility index (Phi) is 6.37. The minimum absolute atomic E-state index is 0.393. The summed E-state index contributed by atoms with van der Waals surface area (Å²) in [5, 5.41) is 13.9. The van der Waals surface area contributed by atoms with E-state index < -0.39 is 0 Å². The Morgan fingerprint density at radius 3 is 2.20 bits per heavy atom. The number of halogens is 1. The fourth-order valence-corrected chi connectivity index (χ4v) is 2.84. The molecule has 0 saturated heterocycles. The van der Waals surface area contributed by atoms with Crippen molar-refractivity contribution in [1.29, 1.82) is 0 Å². The molecular weight excluding hydrogens is 400 g/mol. The Morgan fingerprint density at radius 1 is 0.733 bits per heavy atom. The van der Waals surface area contributed by atoms with Gasteiger partial charge in [0.15, 0.2) is 0 Å². The van der Waals surface area contributed by atoms with Crippen LogP contribution in [0, 0.1) is 0 Å². The second kappa shape index (κ2) is 9.71. The Bertz CT molecular complexity index is 1090. The molecule has 3 aromatic rings. The van der Waals surface area contributed by atoms with Gasteiger partial charge >= 0.3 is 0 Å². The van der Waals surface area contributed by atoms with Crippen molar-refractivity contribution < 1.29 is 9.47 Å². The molecule has 0 fully saturated rings.